The molecule has 102 valence electrons. The average molecular weight is 260 g/mol. The molecule has 4 heteroatoms. The summed E-state index contributed by atoms with van der Waals surface area (Å²) in [6.07, 6.45) is 1.41. The van der Waals surface area contributed by atoms with Gasteiger partial charge in [-0.2, -0.15) is 0 Å². The van der Waals surface area contributed by atoms with Gasteiger partial charge in [-0.15, -0.1) is 0 Å². The fourth-order valence-corrected chi connectivity index (χ4v) is 1.41. The molecule has 0 fully saturated rings. The third-order valence-corrected chi connectivity index (χ3v) is 2.41. The molecular formula is C15H20N2O2. The van der Waals surface area contributed by atoms with Gasteiger partial charge in [-0.1, -0.05) is 30.9 Å². The Bertz CT molecular complexity index is 443. The van der Waals surface area contributed by atoms with Gasteiger partial charge in [-0.3, -0.25) is 0 Å². The predicted octanol–water partition coefficient (Wildman–Crippen LogP) is 1.63. The van der Waals surface area contributed by atoms with Crippen LogP contribution in [0, 0.1) is 11.8 Å². The van der Waals surface area contributed by atoms with E-state index in [-0.39, 0.29) is 12.6 Å². The van der Waals surface area contributed by atoms with Gasteiger partial charge in [0.1, 0.15) is 0 Å². The minimum absolute atomic E-state index is 0.0852. The van der Waals surface area contributed by atoms with Crippen LogP contribution in [-0.4, -0.2) is 24.3 Å². The molecule has 1 rings (SSSR count). The molecule has 0 atom stereocenters. The van der Waals surface area contributed by atoms with E-state index >= 15 is 0 Å². The number of carbonyl (C=O) groups is 1. The fourth-order valence-electron chi connectivity index (χ4n) is 1.41. The second kappa shape index (κ2) is 9.01. The number of benzene rings is 1. The first-order chi connectivity index (χ1) is 9.26. The molecule has 0 saturated carbocycles. The van der Waals surface area contributed by atoms with Gasteiger partial charge in [0, 0.05) is 25.1 Å². The third kappa shape index (κ3) is 6.49. The topological polar surface area (TPSA) is 61.4 Å². The molecule has 0 aromatic heterocycles. The highest BCUT2D eigenvalue weighted by Gasteiger charge is 1.98. The third-order valence-electron chi connectivity index (χ3n) is 2.41. The van der Waals surface area contributed by atoms with Gasteiger partial charge >= 0.3 is 6.03 Å². The van der Waals surface area contributed by atoms with Crippen LogP contribution in [0.15, 0.2) is 24.3 Å². The fraction of sp³-hybridized carbons (Fsp3) is 0.400. The van der Waals surface area contributed by atoms with Crippen LogP contribution in [0.2, 0.25) is 0 Å². The molecule has 0 saturated heterocycles. The number of rotatable bonds is 5. The summed E-state index contributed by atoms with van der Waals surface area (Å²) in [4.78, 5) is 11.3. The van der Waals surface area contributed by atoms with E-state index in [2.05, 4.69) is 22.5 Å². The molecule has 19 heavy (non-hydrogen) atoms. The number of urea groups is 1. The molecule has 0 aliphatic carbocycles. The maximum absolute atomic E-state index is 11.3. The van der Waals surface area contributed by atoms with E-state index in [4.69, 9.17) is 5.11 Å². The summed E-state index contributed by atoms with van der Waals surface area (Å²) in [5.74, 6) is 5.82. The first-order valence-electron chi connectivity index (χ1n) is 6.46. The van der Waals surface area contributed by atoms with E-state index in [0.29, 0.717) is 19.5 Å². The van der Waals surface area contributed by atoms with E-state index in [1.807, 2.05) is 31.2 Å². The number of nitrogens with one attached hydrogen (secondary N) is 2. The van der Waals surface area contributed by atoms with Gasteiger partial charge < -0.3 is 15.7 Å². The van der Waals surface area contributed by atoms with Gasteiger partial charge in [-0.05, 0) is 24.1 Å². The number of carbonyl (C=O) groups excluding carboxylic acids is 1. The number of hydrogen-bond donors (Lipinski definition) is 3. The van der Waals surface area contributed by atoms with Crippen LogP contribution < -0.4 is 10.6 Å². The lowest BCUT2D eigenvalue weighted by molar-refractivity contribution is 0.240. The van der Waals surface area contributed by atoms with Crippen molar-refractivity contribution in [2.24, 2.45) is 0 Å². The zero-order chi connectivity index (χ0) is 13.9. The number of hydrogen-bond acceptors (Lipinski definition) is 2. The molecule has 0 spiro atoms. The smallest absolute Gasteiger partial charge is 0.315 e. The van der Waals surface area contributed by atoms with E-state index in [1.165, 1.54) is 0 Å². The largest absolute Gasteiger partial charge is 0.395 e. The second-order valence-electron chi connectivity index (χ2n) is 4.08. The molecule has 0 bridgehead atoms. The summed E-state index contributed by atoms with van der Waals surface area (Å²) >= 11 is 0. The zero-order valence-corrected chi connectivity index (χ0v) is 11.2. The quantitative estimate of drug-likeness (QED) is 0.705. The minimum atomic E-state index is -0.145. The van der Waals surface area contributed by atoms with Crippen LogP contribution >= 0.6 is 0 Å². The number of aliphatic hydroxyl groups is 1. The Labute approximate surface area is 114 Å². The van der Waals surface area contributed by atoms with Gasteiger partial charge in [0.2, 0.25) is 0 Å². The predicted molar refractivity (Wildman–Crippen MR) is 75.6 cm³/mol. The highest BCUT2D eigenvalue weighted by molar-refractivity contribution is 5.73. The Morgan fingerprint density at radius 1 is 1.26 bits per heavy atom. The van der Waals surface area contributed by atoms with Crippen LogP contribution in [0.25, 0.3) is 0 Å². The van der Waals surface area contributed by atoms with Crippen molar-refractivity contribution in [1.29, 1.82) is 0 Å². The molecule has 3 N–H and O–H groups in total. The van der Waals surface area contributed by atoms with Crippen molar-refractivity contribution in [2.75, 3.05) is 13.2 Å². The highest BCUT2D eigenvalue weighted by Crippen LogP contribution is 2.03. The molecule has 0 aliphatic rings. The van der Waals surface area contributed by atoms with Gasteiger partial charge in [0.25, 0.3) is 0 Å². The monoisotopic (exact) mass is 260 g/mol. The van der Waals surface area contributed by atoms with Crippen molar-refractivity contribution in [3.05, 3.63) is 35.4 Å². The molecule has 0 heterocycles. The molecule has 2 amide bonds. The first kappa shape index (κ1) is 15.1. The summed E-state index contributed by atoms with van der Waals surface area (Å²) in [5.41, 5.74) is 1.94. The number of aliphatic hydroxyl groups excluding tert-OH is 1. The van der Waals surface area contributed by atoms with E-state index in [1.54, 1.807) is 0 Å². The van der Waals surface area contributed by atoms with E-state index in [0.717, 1.165) is 17.5 Å². The summed E-state index contributed by atoms with van der Waals surface area (Å²) in [6, 6.07) is 7.54. The Balaban J connectivity index is 2.40. The molecule has 1 aromatic carbocycles. The van der Waals surface area contributed by atoms with E-state index < -0.39 is 0 Å². The van der Waals surface area contributed by atoms with Crippen LogP contribution in [0.3, 0.4) is 0 Å². The summed E-state index contributed by atoms with van der Waals surface area (Å²) < 4.78 is 0. The first-order valence-corrected chi connectivity index (χ1v) is 6.46. The standard InChI is InChI=1S/C15H20N2O2/c1-2-10-16-15(19)17-12-14-8-6-13(7-9-14)5-3-4-11-18/h6-9,18H,2,4,10-12H2,1H3,(H2,16,17,19). The van der Waals surface area contributed by atoms with Crippen molar-refractivity contribution in [1.82, 2.24) is 10.6 Å². The molecule has 4 nitrogen and oxygen atoms in total. The molecular weight excluding hydrogens is 240 g/mol. The van der Waals surface area contributed by atoms with Crippen molar-refractivity contribution in [3.63, 3.8) is 0 Å². The van der Waals surface area contributed by atoms with Crippen LogP contribution in [0.5, 0.6) is 0 Å². The molecule has 0 unspecified atom stereocenters. The summed E-state index contributed by atoms with van der Waals surface area (Å²) in [5, 5.41) is 14.2. The minimum Gasteiger partial charge on any atom is -0.395 e. The van der Waals surface area contributed by atoms with Gasteiger partial charge in [-0.25, -0.2) is 4.79 Å². The Hall–Kier alpha value is -1.99. The molecule has 0 aliphatic heterocycles. The number of amides is 2. The van der Waals surface area contributed by atoms with Crippen LogP contribution in [0.4, 0.5) is 4.79 Å². The van der Waals surface area contributed by atoms with Crippen molar-refractivity contribution in [3.8, 4) is 11.8 Å². The Morgan fingerprint density at radius 2 is 2.00 bits per heavy atom. The summed E-state index contributed by atoms with van der Waals surface area (Å²) in [6.45, 7) is 3.28. The molecule has 1 aromatic rings. The van der Waals surface area contributed by atoms with Gasteiger partial charge in [0.15, 0.2) is 0 Å². The lowest BCUT2D eigenvalue weighted by atomic mass is 10.1. The van der Waals surface area contributed by atoms with Crippen molar-refractivity contribution in [2.45, 2.75) is 26.3 Å². The van der Waals surface area contributed by atoms with Gasteiger partial charge in [0.05, 0.1) is 6.61 Å². The normalized spacial score (nSPS) is 9.37. The summed E-state index contributed by atoms with van der Waals surface area (Å²) in [7, 11) is 0. The maximum Gasteiger partial charge on any atom is 0.315 e. The van der Waals surface area contributed by atoms with Crippen molar-refractivity contribution < 1.29 is 9.90 Å². The molecule has 0 radical (unpaired) electrons. The lowest BCUT2D eigenvalue weighted by Crippen LogP contribution is -2.35. The lowest BCUT2D eigenvalue weighted by Gasteiger charge is -2.06. The zero-order valence-electron chi connectivity index (χ0n) is 11.2. The Kier molecular flexibility index (Phi) is 7.14. The van der Waals surface area contributed by atoms with E-state index in [9.17, 15) is 4.79 Å². The highest BCUT2D eigenvalue weighted by atomic mass is 16.2. The Morgan fingerprint density at radius 3 is 2.63 bits per heavy atom. The maximum atomic E-state index is 11.3. The van der Waals surface area contributed by atoms with Crippen LogP contribution in [-0.2, 0) is 6.54 Å². The average Bonchev–Trinajstić information content (AvgIpc) is 2.44. The SMILES string of the molecule is CCCNC(=O)NCc1ccc(C#CCCO)cc1. The van der Waals surface area contributed by atoms with Crippen LogP contribution in [0.1, 0.15) is 30.9 Å². The van der Waals surface area contributed by atoms with Crippen molar-refractivity contribution >= 4 is 6.03 Å². The second-order valence-corrected chi connectivity index (χ2v) is 4.08.